The summed E-state index contributed by atoms with van der Waals surface area (Å²) < 4.78 is 109. The standard InChI is InChI=1S/C50H62F2N14O7PS2/c51-37-1-5-39(6-2-37)57-47-17-25-55-49(61-47)59-41-9-13-45(14-10-41)75(68,69)65(31-23-53)43-19-27-63(28-20-43)33-35-72-74(67)73-36-34-64-29-21-44(22-30-64)66(32-24-54)76(70,71)46-15-11-42(12-16-46)60-50-56-26-18-48(62-50)58-40-7-3-38(52)4-8-40/h1-18,25-26,43-44H,19-24,27-36,53-54H2,(H2,55,57,59,61)(H2,56,58,60,62)/q+1. The maximum Gasteiger partial charge on any atom is 0.697 e. The van der Waals surface area contributed by atoms with Gasteiger partial charge >= 0.3 is 8.25 Å². The topological polar surface area (TPSA) is 268 Å². The molecule has 0 radical (unpaired) electrons. The minimum absolute atomic E-state index is 0.132. The number of benzene rings is 4. The summed E-state index contributed by atoms with van der Waals surface area (Å²) in [6.45, 7) is 4.37. The molecule has 6 aromatic rings. The first-order valence-electron chi connectivity index (χ1n) is 24.8. The van der Waals surface area contributed by atoms with Crippen LogP contribution in [-0.4, -0.2) is 146 Å². The molecule has 8 N–H and O–H groups in total. The number of likely N-dealkylation sites (tertiary alicyclic amines) is 2. The quantitative estimate of drug-likeness (QED) is 0.0307. The van der Waals surface area contributed by atoms with Gasteiger partial charge in [0.05, 0.1) is 9.79 Å². The van der Waals surface area contributed by atoms with E-state index in [4.69, 9.17) is 20.5 Å². The third-order valence-corrected chi connectivity index (χ3v) is 17.5. The lowest BCUT2D eigenvalue weighted by molar-refractivity contribution is 0.122. The van der Waals surface area contributed by atoms with E-state index in [2.05, 4.69) is 51.0 Å². The highest BCUT2D eigenvalue weighted by Gasteiger charge is 2.35. The van der Waals surface area contributed by atoms with Crippen molar-refractivity contribution in [3.63, 3.8) is 0 Å². The molecule has 2 aliphatic heterocycles. The van der Waals surface area contributed by atoms with Gasteiger partial charge in [-0.1, -0.05) is 0 Å². The minimum atomic E-state index is -3.89. The van der Waals surface area contributed by atoms with Gasteiger partial charge in [-0.25, -0.2) is 35.6 Å². The van der Waals surface area contributed by atoms with Gasteiger partial charge in [0, 0.05) is 91.1 Å². The third kappa shape index (κ3) is 15.5. The van der Waals surface area contributed by atoms with Gasteiger partial charge in [0.2, 0.25) is 31.9 Å². The van der Waals surface area contributed by atoms with E-state index < -0.39 is 28.3 Å². The monoisotopic (exact) mass is 1100 g/mol. The molecule has 2 aliphatic rings. The lowest BCUT2D eigenvalue weighted by Gasteiger charge is -2.37. The van der Waals surface area contributed by atoms with Crippen LogP contribution < -0.4 is 32.7 Å². The molecule has 26 heteroatoms. The lowest BCUT2D eigenvalue weighted by atomic mass is 10.1. The number of anilines is 8. The summed E-state index contributed by atoms with van der Waals surface area (Å²) in [7, 11) is -10.2. The highest BCUT2D eigenvalue weighted by atomic mass is 32.2. The normalized spacial score (nSPS) is 15.2. The number of sulfonamides is 2. The molecule has 404 valence electrons. The fraction of sp³-hybridized carbons (Fsp3) is 0.360. The molecule has 2 aromatic heterocycles. The van der Waals surface area contributed by atoms with Gasteiger partial charge in [-0.05, 0) is 161 Å². The van der Waals surface area contributed by atoms with E-state index >= 15 is 0 Å². The van der Waals surface area contributed by atoms with Crippen molar-refractivity contribution in [2.45, 2.75) is 47.6 Å². The molecule has 4 heterocycles. The number of hydrogen-bond acceptors (Lipinski definition) is 19. The molecule has 0 spiro atoms. The van der Waals surface area contributed by atoms with Crippen molar-refractivity contribution in [1.29, 1.82) is 0 Å². The van der Waals surface area contributed by atoms with E-state index in [1.807, 2.05) is 0 Å². The lowest BCUT2D eigenvalue weighted by Crippen LogP contribution is -2.49. The van der Waals surface area contributed by atoms with E-state index in [-0.39, 0.29) is 84.8 Å². The summed E-state index contributed by atoms with van der Waals surface area (Å²) in [5.41, 5.74) is 14.3. The molecular formula is C50H62F2N14O7PS2+. The van der Waals surface area contributed by atoms with Crippen LogP contribution in [0.4, 0.5) is 55.1 Å². The Hall–Kier alpha value is -6.22. The second-order valence-corrected chi connectivity index (χ2v) is 22.7. The van der Waals surface area contributed by atoms with Crippen molar-refractivity contribution in [2.24, 2.45) is 11.5 Å². The van der Waals surface area contributed by atoms with Gasteiger partial charge in [0.1, 0.15) is 36.5 Å². The van der Waals surface area contributed by atoms with E-state index in [1.54, 1.807) is 73.1 Å². The smallest absolute Gasteiger partial charge is 0.340 e. The van der Waals surface area contributed by atoms with Gasteiger partial charge in [0.15, 0.2) is 0 Å². The average molecular weight is 1100 g/mol. The predicted octanol–water partition coefficient (Wildman–Crippen LogP) is 6.74. The molecule has 0 atom stereocenters. The van der Waals surface area contributed by atoms with Gasteiger partial charge in [0.25, 0.3) is 0 Å². The third-order valence-electron chi connectivity index (χ3n) is 12.8. The van der Waals surface area contributed by atoms with E-state index in [9.17, 15) is 30.2 Å². The Morgan fingerprint density at radius 2 is 0.882 bits per heavy atom. The molecule has 0 aliphatic carbocycles. The number of nitrogens with one attached hydrogen (secondary N) is 4. The molecular weight excluding hydrogens is 1040 g/mol. The Morgan fingerprint density at radius 3 is 1.24 bits per heavy atom. The first-order valence-corrected chi connectivity index (χ1v) is 28.8. The summed E-state index contributed by atoms with van der Waals surface area (Å²) in [4.78, 5) is 21.9. The van der Waals surface area contributed by atoms with Crippen LogP contribution in [0.2, 0.25) is 0 Å². The van der Waals surface area contributed by atoms with Crippen molar-refractivity contribution >= 4 is 74.6 Å². The summed E-state index contributed by atoms with van der Waals surface area (Å²) >= 11 is 0. The summed E-state index contributed by atoms with van der Waals surface area (Å²) in [5, 5.41) is 12.4. The minimum Gasteiger partial charge on any atom is -0.340 e. The number of aromatic nitrogens is 4. The summed E-state index contributed by atoms with van der Waals surface area (Å²) in [6.07, 6.45) is 5.43. The number of nitrogens with zero attached hydrogens (tertiary/aromatic N) is 8. The zero-order valence-corrected chi connectivity index (χ0v) is 44.2. The van der Waals surface area contributed by atoms with Gasteiger partial charge in [-0.15, -0.1) is 9.05 Å². The largest absolute Gasteiger partial charge is 0.697 e. The zero-order valence-electron chi connectivity index (χ0n) is 41.6. The highest BCUT2D eigenvalue weighted by molar-refractivity contribution is 7.89. The molecule has 0 amide bonds. The van der Waals surface area contributed by atoms with Crippen LogP contribution in [0, 0.1) is 11.6 Å². The molecule has 21 nitrogen and oxygen atoms in total. The van der Waals surface area contributed by atoms with Crippen molar-refractivity contribution in [3.05, 3.63) is 133 Å². The SMILES string of the molecule is NCCN(C1CCN(CCO[P+](=O)OCCN2CCC(N(CCN)S(=O)(=O)c3ccc(Nc4nccc(Nc5ccc(F)cc5)n4)cc3)CC2)CC1)S(=O)(=O)c1ccc(Nc2nccc(Nc3ccc(F)cc3)n2)cc1. The fourth-order valence-corrected chi connectivity index (χ4v) is 12.9. The van der Waals surface area contributed by atoms with Crippen molar-refractivity contribution in [2.75, 3.05) is 99.9 Å². The number of nitrogens with two attached hydrogens (primary N) is 2. The summed E-state index contributed by atoms with van der Waals surface area (Å²) in [6, 6.07) is 27.3. The Kier molecular flexibility index (Phi) is 19.7. The van der Waals surface area contributed by atoms with Crippen molar-refractivity contribution in [3.8, 4) is 0 Å². The second-order valence-electron chi connectivity index (χ2n) is 17.9. The van der Waals surface area contributed by atoms with Crippen LogP contribution in [-0.2, 0) is 33.7 Å². The van der Waals surface area contributed by atoms with Crippen LogP contribution in [0.3, 0.4) is 0 Å². The van der Waals surface area contributed by atoms with Crippen LogP contribution in [0.15, 0.2) is 131 Å². The molecule has 0 unspecified atom stereocenters. The van der Waals surface area contributed by atoms with E-state index in [0.717, 1.165) is 0 Å². The molecule has 8 rings (SSSR count). The summed E-state index contributed by atoms with van der Waals surface area (Å²) in [5.74, 6) is 0.842. The predicted molar refractivity (Wildman–Crippen MR) is 287 cm³/mol. The maximum absolute atomic E-state index is 14.0. The Labute approximate surface area is 442 Å². The van der Waals surface area contributed by atoms with Gasteiger partial charge in [-0.3, -0.25) is 0 Å². The fourth-order valence-electron chi connectivity index (χ4n) is 8.93. The molecule has 76 heavy (non-hydrogen) atoms. The van der Waals surface area contributed by atoms with Gasteiger partial charge in [-0.2, -0.15) is 18.6 Å². The molecule has 0 saturated carbocycles. The average Bonchev–Trinajstić information content (AvgIpc) is 3.42. The number of rotatable bonds is 26. The van der Waals surface area contributed by atoms with E-state index in [1.165, 1.54) is 57.1 Å². The molecule has 0 bridgehead atoms. The maximum atomic E-state index is 14.0. The molecule has 4 aromatic carbocycles. The Bertz CT molecular complexity index is 2850. The first kappa shape index (κ1) is 56.0. The number of halogens is 2. The first-order chi connectivity index (χ1) is 36.7. The second kappa shape index (κ2) is 26.7. The van der Waals surface area contributed by atoms with Crippen LogP contribution in [0.1, 0.15) is 25.7 Å². The highest BCUT2D eigenvalue weighted by Crippen LogP contribution is 2.30. The van der Waals surface area contributed by atoms with E-state index in [0.29, 0.717) is 99.3 Å². The number of hydrogen-bond donors (Lipinski definition) is 6. The van der Waals surface area contributed by atoms with Crippen LogP contribution in [0.25, 0.3) is 0 Å². The van der Waals surface area contributed by atoms with Crippen molar-refractivity contribution < 1.29 is 39.2 Å². The molecule has 2 fully saturated rings. The number of piperidine rings is 2. The Morgan fingerprint density at radius 1 is 0.539 bits per heavy atom. The van der Waals surface area contributed by atoms with Crippen LogP contribution >= 0.6 is 8.25 Å². The molecule has 2 saturated heterocycles. The van der Waals surface area contributed by atoms with Gasteiger partial charge < -0.3 is 42.5 Å². The van der Waals surface area contributed by atoms with Crippen molar-refractivity contribution in [1.82, 2.24) is 38.3 Å². The van der Waals surface area contributed by atoms with Crippen LogP contribution in [0.5, 0.6) is 0 Å². The Balaban J connectivity index is 0.724. The zero-order chi connectivity index (χ0) is 53.5.